The number of nitrogens with zero attached hydrogens (tertiary/aromatic N) is 2. The van der Waals surface area contributed by atoms with Crippen LogP contribution in [0.3, 0.4) is 0 Å². The van der Waals surface area contributed by atoms with Crippen molar-refractivity contribution in [3.8, 4) is 5.88 Å². The summed E-state index contributed by atoms with van der Waals surface area (Å²) in [7, 11) is -6.08. The Bertz CT molecular complexity index is 728. The molecule has 24 heavy (non-hydrogen) atoms. The maximum absolute atomic E-state index is 13.3. The van der Waals surface area contributed by atoms with Gasteiger partial charge in [-0.15, -0.1) is 0 Å². The molecule has 0 aromatic carbocycles. The third-order valence-electron chi connectivity index (χ3n) is 2.43. The smallest absolute Gasteiger partial charge is 0.357 e. The van der Waals surface area contributed by atoms with Crippen LogP contribution in [-0.2, 0) is 17.2 Å². The van der Waals surface area contributed by atoms with Crippen molar-refractivity contribution in [3.05, 3.63) is 10.7 Å². The summed E-state index contributed by atoms with van der Waals surface area (Å²) < 4.78 is 140. The van der Waals surface area contributed by atoms with E-state index in [1.807, 2.05) is 0 Å². The minimum absolute atomic E-state index is 0.231. The van der Waals surface area contributed by atoms with Gasteiger partial charge in [-0.05, 0) is 15.9 Å². The maximum Gasteiger partial charge on any atom is 0.460 e. The highest BCUT2D eigenvalue weighted by atomic mass is 79.9. The van der Waals surface area contributed by atoms with E-state index in [0.717, 1.165) is 7.05 Å². The molecule has 1 aromatic rings. The molecule has 0 unspecified atom stereocenters. The van der Waals surface area contributed by atoms with E-state index in [4.69, 9.17) is 0 Å². The molecule has 0 amide bonds. The van der Waals surface area contributed by atoms with E-state index >= 15 is 0 Å². The van der Waals surface area contributed by atoms with Crippen LogP contribution in [0.5, 0.6) is 5.88 Å². The maximum atomic E-state index is 13.3. The number of hydrogen-bond donors (Lipinski definition) is 0. The second-order valence-corrected chi connectivity index (χ2v) is 6.53. The first-order chi connectivity index (χ1) is 10.4. The molecule has 1 rings (SSSR count). The molecule has 0 N–H and O–H groups in total. The molecule has 0 atom stereocenters. The lowest BCUT2D eigenvalue weighted by molar-refractivity contribution is -0.382. The summed E-state index contributed by atoms with van der Waals surface area (Å²) in [6.45, 7) is 0. The van der Waals surface area contributed by atoms with E-state index in [-0.39, 0.29) is 4.60 Å². The molecule has 16 heteroatoms. The second kappa shape index (κ2) is 5.67. The highest BCUT2D eigenvalue weighted by Gasteiger charge is 2.86. The Labute approximate surface area is 135 Å². The topological polar surface area (TPSA) is 61.2 Å². The van der Waals surface area contributed by atoms with E-state index in [9.17, 15) is 47.9 Å². The van der Waals surface area contributed by atoms with Crippen molar-refractivity contribution in [1.29, 1.82) is 0 Å². The first kappa shape index (κ1) is 20.9. The number of halogens is 10. The number of rotatable bonds is 5. The molecule has 0 aliphatic heterocycles. The summed E-state index contributed by atoms with van der Waals surface area (Å²) in [4.78, 5) is 0. The van der Waals surface area contributed by atoms with Gasteiger partial charge < -0.3 is 4.18 Å². The molecule has 0 spiro atoms. The molecule has 0 saturated heterocycles. The average molecular weight is 459 g/mol. The molecule has 1 heterocycles. The quantitative estimate of drug-likeness (QED) is 0.501. The lowest BCUT2D eigenvalue weighted by atomic mass is 10.1. The summed E-state index contributed by atoms with van der Waals surface area (Å²) in [6, 6.07) is 0.563. The van der Waals surface area contributed by atoms with Crippen LogP contribution in [0.15, 0.2) is 10.7 Å². The Hall–Kier alpha value is -1.19. The van der Waals surface area contributed by atoms with Crippen LogP contribution in [0.25, 0.3) is 0 Å². The van der Waals surface area contributed by atoms with Crippen LogP contribution in [-0.4, -0.2) is 41.5 Å². The van der Waals surface area contributed by atoms with E-state index in [1.54, 1.807) is 0 Å². The van der Waals surface area contributed by atoms with Gasteiger partial charge in [-0.1, -0.05) is 0 Å². The van der Waals surface area contributed by atoms with Crippen LogP contribution in [0.2, 0.25) is 0 Å². The minimum Gasteiger partial charge on any atom is -0.357 e. The van der Waals surface area contributed by atoms with Gasteiger partial charge in [-0.3, -0.25) is 0 Å². The van der Waals surface area contributed by atoms with Gasteiger partial charge in [-0.2, -0.15) is 53.0 Å². The fraction of sp³-hybridized carbons (Fsp3) is 0.625. The minimum atomic E-state index is -7.35. The molecular formula is C8H4BrF9N2O3S. The van der Waals surface area contributed by atoms with Crippen LogP contribution < -0.4 is 4.18 Å². The summed E-state index contributed by atoms with van der Waals surface area (Å²) in [5.74, 6) is -15.9. The standard InChI is InChI=1S/C8H4BrF9N2O3S/c1-20-4(2-3(9)19-20)23-24(21,22)8(17,18)6(12,13)5(10,11)7(14,15)16/h2H,1H3. The lowest BCUT2D eigenvalue weighted by Gasteiger charge is -2.32. The Morgan fingerprint density at radius 3 is 1.83 bits per heavy atom. The Kier molecular flexibility index (Phi) is 4.93. The van der Waals surface area contributed by atoms with Crippen LogP contribution in [0, 0.1) is 0 Å². The summed E-state index contributed by atoms with van der Waals surface area (Å²) in [6.07, 6.45) is -7.15. The fourth-order valence-electron chi connectivity index (χ4n) is 1.18. The van der Waals surface area contributed by atoms with E-state index < -0.39 is 39.3 Å². The van der Waals surface area contributed by atoms with Crippen molar-refractivity contribution >= 4 is 26.0 Å². The van der Waals surface area contributed by atoms with Crippen molar-refractivity contribution in [1.82, 2.24) is 9.78 Å². The van der Waals surface area contributed by atoms with E-state index in [0.29, 0.717) is 10.7 Å². The van der Waals surface area contributed by atoms with Crippen molar-refractivity contribution in [2.45, 2.75) is 23.3 Å². The van der Waals surface area contributed by atoms with Crippen LogP contribution in [0.1, 0.15) is 0 Å². The molecule has 140 valence electrons. The highest BCUT2D eigenvalue weighted by molar-refractivity contribution is 9.10. The number of aromatic nitrogens is 2. The highest BCUT2D eigenvalue weighted by Crippen LogP contribution is 2.54. The van der Waals surface area contributed by atoms with Crippen molar-refractivity contribution in [3.63, 3.8) is 0 Å². The molecule has 1 aromatic heterocycles. The summed E-state index contributed by atoms with van der Waals surface area (Å²) in [5, 5.41) is -3.61. The molecule has 0 radical (unpaired) electrons. The van der Waals surface area contributed by atoms with Crippen molar-refractivity contribution in [2.75, 3.05) is 0 Å². The first-order valence-corrected chi connectivity index (χ1v) is 7.42. The van der Waals surface area contributed by atoms with Gasteiger partial charge in [0.1, 0.15) is 4.60 Å². The van der Waals surface area contributed by atoms with Crippen LogP contribution >= 0.6 is 15.9 Å². The molecular weight excluding hydrogens is 455 g/mol. The SMILES string of the molecule is Cn1nc(Br)cc1OS(=O)(=O)C(F)(F)C(F)(F)C(F)(F)C(F)(F)F. The largest absolute Gasteiger partial charge is 0.460 e. The van der Waals surface area contributed by atoms with E-state index in [2.05, 4.69) is 25.2 Å². The second-order valence-electron chi connectivity index (χ2n) is 4.13. The first-order valence-electron chi connectivity index (χ1n) is 5.22. The lowest BCUT2D eigenvalue weighted by Crippen LogP contribution is -2.63. The van der Waals surface area contributed by atoms with E-state index in [1.165, 1.54) is 0 Å². The zero-order chi connectivity index (χ0) is 19.4. The number of hydrogen-bond acceptors (Lipinski definition) is 4. The third-order valence-corrected chi connectivity index (χ3v) is 4.09. The monoisotopic (exact) mass is 458 g/mol. The summed E-state index contributed by atoms with van der Waals surface area (Å²) >= 11 is 2.63. The van der Waals surface area contributed by atoms with Gasteiger partial charge >= 0.3 is 33.4 Å². The molecule has 0 saturated carbocycles. The fourth-order valence-corrected chi connectivity index (χ4v) is 2.54. The van der Waals surface area contributed by atoms with Gasteiger partial charge in [-0.25, -0.2) is 4.68 Å². The molecule has 0 bridgehead atoms. The predicted molar refractivity (Wildman–Crippen MR) is 61.4 cm³/mol. The van der Waals surface area contributed by atoms with Crippen molar-refractivity contribution in [2.24, 2.45) is 7.05 Å². The molecule has 5 nitrogen and oxygen atoms in total. The Balaban J connectivity index is 3.38. The predicted octanol–water partition coefficient (Wildman–Crippen LogP) is 3.32. The van der Waals surface area contributed by atoms with Gasteiger partial charge in [0.2, 0.25) is 5.88 Å². The van der Waals surface area contributed by atoms with Crippen LogP contribution in [0.4, 0.5) is 39.5 Å². The zero-order valence-corrected chi connectivity index (χ0v) is 13.3. The zero-order valence-electron chi connectivity index (χ0n) is 10.9. The van der Waals surface area contributed by atoms with Gasteiger partial charge in [0.05, 0.1) is 0 Å². The summed E-state index contributed by atoms with van der Waals surface area (Å²) in [5.41, 5.74) is 0. The Morgan fingerprint density at radius 2 is 1.50 bits per heavy atom. The third kappa shape index (κ3) is 3.04. The van der Waals surface area contributed by atoms with Gasteiger partial charge in [0.15, 0.2) is 0 Å². The number of aryl methyl sites for hydroxylation is 1. The normalized spacial score (nSPS) is 14.8. The molecule has 0 aliphatic rings. The van der Waals surface area contributed by atoms with Crippen molar-refractivity contribution < 1.29 is 52.1 Å². The molecule has 0 aliphatic carbocycles. The van der Waals surface area contributed by atoms with Gasteiger partial charge in [0.25, 0.3) is 0 Å². The number of alkyl halides is 9. The average Bonchev–Trinajstić information content (AvgIpc) is 2.64. The van der Waals surface area contributed by atoms with Gasteiger partial charge in [0, 0.05) is 13.1 Å². The Morgan fingerprint density at radius 1 is 1.04 bits per heavy atom. The molecule has 0 fully saturated rings.